The Labute approximate surface area is 156 Å². The minimum absolute atomic E-state index is 0.156. The van der Waals surface area contributed by atoms with Crippen molar-refractivity contribution in [3.63, 3.8) is 0 Å². The number of pyridine rings is 1. The molecule has 0 N–H and O–H groups in total. The molecule has 0 radical (unpaired) electrons. The van der Waals surface area contributed by atoms with Crippen molar-refractivity contribution in [2.45, 2.75) is 39.5 Å². The van der Waals surface area contributed by atoms with Crippen LogP contribution in [0.25, 0.3) is 0 Å². The van der Waals surface area contributed by atoms with Crippen molar-refractivity contribution in [2.75, 3.05) is 19.1 Å². The second-order valence-electron chi connectivity index (χ2n) is 7.11. The van der Waals surface area contributed by atoms with E-state index in [0.29, 0.717) is 33.7 Å². The first-order valence-corrected chi connectivity index (χ1v) is 8.56. The maximum atomic E-state index is 15.2. The topological polar surface area (TPSA) is 37.7 Å². The second-order valence-corrected chi connectivity index (χ2v) is 7.11. The molecule has 0 spiro atoms. The Bertz CT molecular complexity index is 910. The number of aryl methyl sites for hydroxylation is 1. The number of rotatable bonds is 4. The van der Waals surface area contributed by atoms with E-state index in [9.17, 15) is 8.78 Å². The fraction of sp³-hybridized carbons (Fsp3) is 0.400. The maximum Gasteiger partial charge on any atom is 0.280 e. The third-order valence-electron chi connectivity index (χ3n) is 4.89. The molecular formula is C20H22F3N3O. The van der Waals surface area contributed by atoms with Crippen LogP contribution in [0, 0.1) is 12.7 Å². The largest absolute Gasteiger partial charge is 0.380 e. The molecule has 0 fully saturated rings. The lowest BCUT2D eigenvalue weighted by Crippen LogP contribution is -2.45. The molecule has 0 unspecified atom stereocenters. The van der Waals surface area contributed by atoms with Gasteiger partial charge in [-0.15, -0.1) is 0 Å². The number of hydrogen-bond acceptors (Lipinski definition) is 4. The Hall–Kier alpha value is -2.41. The first-order chi connectivity index (χ1) is 12.7. The van der Waals surface area contributed by atoms with E-state index in [2.05, 4.69) is 4.98 Å². The number of nitrogens with zero attached hydrogens (tertiary/aromatic N) is 3. The Balaban J connectivity index is 2.20. The van der Waals surface area contributed by atoms with Gasteiger partial charge in [-0.3, -0.25) is 9.98 Å². The normalized spacial score (nSPS) is 15.7. The summed E-state index contributed by atoms with van der Waals surface area (Å²) in [6.07, 6.45) is -1.27. The van der Waals surface area contributed by atoms with E-state index >= 15 is 4.39 Å². The van der Waals surface area contributed by atoms with Crippen LogP contribution < -0.4 is 4.90 Å². The first-order valence-electron chi connectivity index (χ1n) is 8.56. The third-order valence-corrected chi connectivity index (χ3v) is 4.89. The van der Waals surface area contributed by atoms with Crippen LogP contribution in [-0.4, -0.2) is 30.5 Å². The highest BCUT2D eigenvalue weighted by atomic mass is 19.3. The van der Waals surface area contributed by atoms with Crippen LogP contribution in [0.1, 0.15) is 48.2 Å². The highest BCUT2D eigenvalue weighted by Crippen LogP contribution is 2.38. The van der Waals surface area contributed by atoms with Gasteiger partial charge in [-0.1, -0.05) is 12.1 Å². The first kappa shape index (κ1) is 19.4. The van der Waals surface area contributed by atoms with Gasteiger partial charge in [-0.05, 0) is 32.4 Å². The molecule has 0 saturated heterocycles. The van der Waals surface area contributed by atoms with E-state index in [1.165, 1.54) is 13.3 Å². The molecule has 0 saturated carbocycles. The Morgan fingerprint density at radius 1 is 1.26 bits per heavy atom. The molecule has 0 bridgehead atoms. The average molecular weight is 377 g/mol. The predicted molar refractivity (Wildman–Crippen MR) is 99.2 cm³/mol. The van der Waals surface area contributed by atoms with Crippen molar-refractivity contribution in [2.24, 2.45) is 4.99 Å². The van der Waals surface area contributed by atoms with Crippen molar-refractivity contribution >= 4 is 11.4 Å². The highest BCUT2D eigenvalue weighted by Gasteiger charge is 2.35. The fourth-order valence-corrected chi connectivity index (χ4v) is 3.24. The zero-order valence-electron chi connectivity index (χ0n) is 16.0. The van der Waals surface area contributed by atoms with Gasteiger partial charge in [0.2, 0.25) is 0 Å². The van der Waals surface area contributed by atoms with E-state index in [1.54, 1.807) is 37.1 Å². The number of benzene rings is 1. The van der Waals surface area contributed by atoms with Crippen molar-refractivity contribution < 1.29 is 17.9 Å². The number of aromatic nitrogens is 1. The van der Waals surface area contributed by atoms with Gasteiger partial charge in [-0.25, -0.2) is 13.2 Å². The number of fused-ring (bicyclic) bond motifs is 1. The zero-order valence-corrected chi connectivity index (χ0v) is 16.0. The summed E-state index contributed by atoms with van der Waals surface area (Å²) in [6.45, 7) is 5.48. The summed E-state index contributed by atoms with van der Waals surface area (Å²) in [5.74, 6) is -0.369. The Kier molecular flexibility index (Phi) is 4.99. The van der Waals surface area contributed by atoms with E-state index in [4.69, 9.17) is 9.73 Å². The molecule has 4 nitrogen and oxygen atoms in total. The maximum absolute atomic E-state index is 15.2. The molecular weight excluding hydrogens is 355 g/mol. The van der Waals surface area contributed by atoms with Gasteiger partial charge in [0.15, 0.2) is 5.82 Å². The molecule has 0 aliphatic carbocycles. The summed E-state index contributed by atoms with van der Waals surface area (Å²) in [5, 5.41) is 0. The van der Waals surface area contributed by atoms with E-state index in [1.807, 2.05) is 13.8 Å². The second kappa shape index (κ2) is 6.96. The smallest absolute Gasteiger partial charge is 0.280 e. The van der Waals surface area contributed by atoms with Gasteiger partial charge >= 0.3 is 0 Å². The van der Waals surface area contributed by atoms with Crippen molar-refractivity contribution in [3.8, 4) is 0 Å². The van der Waals surface area contributed by atoms with Crippen molar-refractivity contribution in [1.82, 2.24) is 4.98 Å². The molecule has 144 valence electrons. The molecule has 1 aliphatic rings. The fourth-order valence-electron chi connectivity index (χ4n) is 3.24. The van der Waals surface area contributed by atoms with Crippen LogP contribution in [0.15, 0.2) is 29.4 Å². The number of methoxy groups -OCH3 is 1. The van der Waals surface area contributed by atoms with Gasteiger partial charge in [0, 0.05) is 37.0 Å². The van der Waals surface area contributed by atoms with E-state index in [-0.39, 0.29) is 18.1 Å². The molecule has 2 heterocycles. The quantitative estimate of drug-likeness (QED) is 0.779. The molecule has 3 rings (SSSR count). The number of alkyl halides is 2. The molecule has 1 aromatic heterocycles. The molecule has 1 aromatic carbocycles. The Morgan fingerprint density at radius 3 is 2.56 bits per heavy atom. The minimum atomic E-state index is -2.64. The lowest BCUT2D eigenvalue weighted by Gasteiger charge is -2.40. The summed E-state index contributed by atoms with van der Waals surface area (Å²) in [7, 11) is 3.29. The zero-order chi connectivity index (χ0) is 19.9. The van der Waals surface area contributed by atoms with Gasteiger partial charge in [0.05, 0.1) is 18.0 Å². The molecule has 0 amide bonds. The van der Waals surface area contributed by atoms with Crippen LogP contribution in [0.5, 0.6) is 0 Å². The number of ether oxygens (including phenoxy) is 1. The Morgan fingerprint density at radius 2 is 1.96 bits per heavy atom. The van der Waals surface area contributed by atoms with E-state index in [0.717, 1.165) is 0 Å². The van der Waals surface area contributed by atoms with Crippen LogP contribution in [0.3, 0.4) is 0 Å². The summed E-state index contributed by atoms with van der Waals surface area (Å²) < 4.78 is 46.3. The van der Waals surface area contributed by atoms with Crippen LogP contribution >= 0.6 is 0 Å². The van der Waals surface area contributed by atoms with Crippen LogP contribution in [0.2, 0.25) is 0 Å². The minimum Gasteiger partial charge on any atom is -0.380 e. The summed E-state index contributed by atoms with van der Waals surface area (Å²) >= 11 is 0. The van der Waals surface area contributed by atoms with Gasteiger partial charge in [0.25, 0.3) is 6.43 Å². The molecule has 2 aromatic rings. The highest BCUT2D eigenvalue weighted by molar-refractivity contribution is 6.17. The summed E-state index contributed by atoms with van der Waals surface area (Å²) in [6, 6.07) is 5.07. The lowest BCUT2D eigenvalue weighted by atomic mass is 9.93. The SMILES string of the molecule is COCc1ccc2c(c1F)N(C)C(C)(C)N=C2c1cnc(C(F)F)c(C)c1. The standard InChI is InChI=1S/C20H22F3N3O/c1-11-8-13(9-24-16(11)19(22)23)17-14-7-6-12(10-27-5)15(21)18(14)26(4)20(2,3)25-17/h6-9,19H,10H2,1-5H3. The van der Waals surface area contributed by atoms with E-state index < -0.39 is 12.1 Å². The average Bonchev–Trinajstić information content (AvgIpc) is 2.60. The van der Waals surface area contributed by atoms with Crippen LogP contribution in [-0.2, 0) is 11.3 Å². The number of halogens is 3. The molecule has 7 heteroatoms. The summed E-state index contributed by atoms with van der Waals surface area (Å²) in [5.41, 5.74) is 1.97. The van der Waals surface area contributed by atoms with Gasteiger partial charge in [-0.2, -0.15) is 0 Å². The van der Waals surface area contributed by atoms with Crippen LogP contribution in [0.4, 0.5) is 18.9 Å². The number of hydrogen-bond donors (Lipinski definition) is 0. The number of anilines is 1. The van der Waals surface area contributed by atoms with Crippen molar-refractivity contribution in [3.05, 3.63) is 58.2 Å². The number of aliphatic imine (C=N–C) groups is 1. The molecule has 0 atom stereocenters. The molecule has 1 aliphatic heterocycles. The van der Waals surface area contributed by atoms with Gasteiger partial charge in [0.1, 0.15) is 11.4 Å². The van der Waals surface area contributed by atoms with Crippen molar-refractivity contribution in [1.29, 1.82) is 0 Å². The van der Waals surface area contributed by atoms with Gasteiger partial charge < -0.3 is 9.64 Å². The lowest BCUT2D eigenvalue weighted by molar-refractivity contribution is 0.145. The summed E-state index contributed by atoms with van der Waals surface area (Å²) in [4.78, 5) is 10.4. The third kappa shape index (κ3) is 3.32. The monoisotopic (exact) mass is 377 g/mol. The molecule has 27 heavy (non-hydrogen) atoms. The predicted octanol–water partition coefficient (Wildman–Crippen LogP) is 4.64.